The Morgan fingerprint density at radius 3 is 2.56 bits per heavy atom. The fourth-order valence-corrected chi connectivity index (χ4v) is 3.01. The molecule has 1 N–H and O–H groups in total. The maximum atomic E-state index is 12.2. The van der Waals surface area contributed by atoms with Gasteiger partial charge in [0, 0.05) is 6.54 Å². The van der Waals surface area contributed by atoms with E-state index in [2.05, 4.69) is 21.8 Å². The Labute approximate surface area is 147 Å². The molecule has 0 atom stereocenters. The molecule has 0 saturated heterocycles. The van der Waals surface area contributed by atoms with Crippen LogP contribution in [0.4, 0.5) is 0 Å². The van der Waals surface area contributed by atoms with Crippen LogP contribution in [-0.2, 0) is 17.9 Å². The van der Waals surface area contributed by atoms with Gasteiger partial charge in [0.25, 0.3) is 5.91 Å². The second-order valence-electron chi connectivity index (χ2n) is 6.05. The van der Waals surface area contributed by atoms with Gasteiger partial charge in [-0.25, -0.2) is 4.98 Å². The van der Waals surface area contributed by atoms with Gasteiger partial charge < -0.3 is 14.6 Å². The molecule has 0 saturated carbocycles. The normalized spacial score (nSPS) is 10.8. The lowest BCUT2D eigenvalue weighted by Gasteiger charge is -2.12. The zero-order chi connectivity index (χ0) is 17.8. The minimum atomic E-state index is -0.155. The highest BCUT2D eigenvalue weighted by Gasteiger charge is 2.11. The van der Waals surface area contributed by atoms with Gasteiger partial charge in [-0.05, 0) is 44.0 Å². The third-order valence-electron chi connectivity index (χ3n) is 4.25. The molecular weight excluding hydrogens is 314 g/mol. The van der Waals surface area contributed by atoms with Crippen molar-refractivity contribution in [1.29, 1.82) is 0 Å². The van der Waals surface area contributed by atoms with Gasteiger partial charge in [-0.3, -0.25) is 4.79 Å². The zero-order valence-corrected chi connectivity index (χ0v) is 14.9. The first-order valence-electron chi connectivity index (χ1n) is 8.50. The number of hydrogen-bond donors (Lipinski definition) is 1. The van der Waals surface area contributed by atoms with Crippen LogP contribution in [0.25, 0.3) is 11.0 Å². The molecule has 0 fully saturated rings. The zero-order valence-electron chi connectivity index (χ0n) is 14.9. The van der Waals surface area contributed by atoms with Crippen molar-refractivity contribution in [3.63, 3.8) is 0 Å². The van der Waals surface area contributed by atoms with E-state index < -0.39 is 0 Å². The molecule has 1 amide bonds. The van der Waals surface area contributed by atoms with Crippen LogP contribution < -0.4 is 10.1 Å². The lowest BCUT2D eigenvalue weighted by molar-refractivity contribution is -0.123. The molecule has 5 nitrogen and oxygen atoms in total. The van der Waals surface area contributed by atoms with Crippen LogP contribution in [0.1, 0.15) is 23.9 Å². The van der Waals surface area contributed by atoms with Crippen LogP contribution >= 0.6 is 0 Å². The Bertz CT molecular complexity index is 879. The first kappa shape index (κ1) is 17.0. The number of nitrogens with one attached hydrogen (secondary N) is 1. The number of ether oxygens (including phenoxy) is 1. The number of carbonyl (C=O) groups excluding carboxylic acids is 1. The minimum Gasteiger partial charge on any atom is -0.483 e. The first-order chi connectivity index (χ1) is 12.1. The van der Waals surface area contributed by atoms with Gasteiger partial charge in [-0.2, -0.15) is 0 Å². The van der Waals surface area contributed by atoms with Gasteiger partial charge in [0.1, 0.15) is 11.6 Å². The summed E-state index contributed by atoms with van der Waals surface area (Å²) in [6.45, 7) is 7.22. The summed E-state index contributed by atoms with van der Waals surface area (Å²) >= 11 is 0. The Morgan fingerprint density at radius 1 is 1.12 bits per heavy atom. The number of rotatable bonds is 6. The third kappa shape index (κ3) is 3.65. The summed E-state index contributed by atoms with van der Waals surface area (Å²) in [6, 6.07) is 13.9. The monoisotopic (exact) mass is 337 g/mol. The highest BCUT2D eigenvalue weighted by molar-refractivity contribution is 5.78. The van der Waals surface area contributed by atoms with E-state index in [4.69, 9.17) is 4.74 Å². The smallest absolute Gasteiger partial charge is 0.258 e. The van der Waals surface area contributed by atoms with Gasteiger partial charge in [0.15, 0.2) is 6.61 Å². The summed E-state index contributed by atoms with van der Waals surface area (Å²) in [4.78, 5) is 16.8. The number of para-hydroxylation sites is 3. The molecule has 1 aromatic heterocycles. The molecule has 0 aliphatic rings. The summed E-state index contributed by atoms with van der Waals surface area (Å²) in [7, 11) is 0. The number of aryl methyl sites for hydroxylation is 3. The molecular formula is C20H23N3O2. The predicted octanol–water partition coefficient (Wildman–Crippen LogP) is 3.37. The highest BCUT2D eigenvalue weighted by Crippen LogP contribution is 2.22. The van der Waals surface area contributed by atoms with Crippen molar-refractivity contribution in [2.75, 3.05) is 6.61 Å². The predicted molar refractivity (Wildman–Crippen MR) is 98.7 cm³/mol. The Hall–Kier alpha value is -2.82. The minimum absolute atomic E-state index is 0.00194. The molecule has 5 heteroatoms. The molecule has 0 aliphatic heterocycles. The second-order valence-corrected chi connectivity index (χ2v) is 6.05. The molecule has 3 rings (SSSR count). The van der Waals surface area contributed by atoms with E-state index in [0.717, 1.165) is 40.3 Å². The maximum Gasteiger partial charge on any atom is 0.258 e. The van der Waals surface area contributed by atoms with E-state index in [9.17, 15) is 4.79 Å². The van der Waals surface area contributed by atoms with Gasteiger partial charge >= 0.3 is 0 Å². The molecule has 130 valence electrons. The van der Waals surface area contributed by atoms with Crippen LogP contribution in [0.3, 0.4) is 0 Å². The fourth-order valence-electron chi connectivity index (χ4n) is 3.01. The van der Waals surface area contributed by atoms with E-state index in [-0.39, 0.29) is 12.5 Å². The van der Waals surface area contributed by atoms with Crippen molar-refractivity contribution in [3.05, 3.63) is 59.4 Å². The van der Waals surface area contributed by atoms with Crippen LogP contribution in [-0.4, -0.2) is 22.1 Å². The molecule has 0 bridgehead atoms. The van der Waals surface area contributed by atoms with Crippen LogP contribution in [0.15, 0.2) is 42.5 Å². The Kier molecular flexibility index (Phi) is 5.03. The van der Waals surface area contributed by atoms with Gasteiger partial charge in [0.05, 0.1) is 17.6 Å². The number of imidazole rings is 1. The lowest BCUT2D eigenvalue weighted by Crippen LogP contribution is -2.29. The summed E-state index contributed by atoms with van der Waals surface area (Å²) in [6.07, 6.45) is 0. The van der Waals surface area contributed by atoms with Crippen molar-refractivity contribution < 1.29 is 9.53 Å². The van der Waals surface area contributed by atoms with Crippen LogP contribution in [0.2, 0.25) is 0 Å². The van der Waals surface area contributed by atoms with E-state index in [0.29, 0.717) is 6.54 Å². The number of hydrogen-bond acceptors (Lipinski definition) is 3. The Balaban J connectivity index is 1.63. The summed E-state index contributed by atoms with van der Waals surface area (Å²) in [5.41, 5.74) is 4.09. The molecule has 3 aromatic rings. The van der Waals surface area contributed by atoms with Crippen LogP contribution in [0, 0.1) is 13.8 Å². The van der Waals surface area contributed by atoms with Crippen molar-refractivity contribution in [1.82, 2.24) is 14.9 Å². The van der Waals surface area contributed by atoms with Crippen LogP contribution in [0.5, 0.6) is 5.75 Å². The fraction of sp³-hybridized carbons (Fsp3) is 0.300. The number of aromatic nitrogens is 2. The van der Waals surface area contributed by atoms with E-state index >= 15 is 0 Å². The van der Waals surface area contributed by atoms with Gasteiger partial charge in [0.2, 0.25) is 0 Å². The largest absolute Gasteiger partial charge is 0.483 e. The van der Waals surface area contributed by atoms with Gasteiger partial charge in [-0.15, -0.1) is 0 Å². The van der Waals surface area contributed by atoms with Crippen molar-refractivity contribution in [3.8, 4) is 5.75 Å². The number of nitrogens with zero attached hydrogens (tertiary/aromatic N) is 2. The highest BCUT2D eigenvalue weighted by atomic mass is 16.5. The van der Waals surface area contributed by atoms with E-state index in [1.165, 1.54) is 0 Å². The quantitative estimate of drug-likeness (QED) is 0.750. The number of carbonyl (C=O) groups is 1. The SMILES string of the molecule is CCn1c(CNC(=O)COc2c(C)cccc2C)nc2ccccc21. The summed E-state index contributed by atoms with van der Waals surface area (Å²) < 4.78 is 7.81. The second kappa shape index (κ2) is 7.38. The van der Waals surface area contributed by atoms with E-state index in [1.54, 1.807) is 0 Å². The number of amides is 1. The molecule has 25 heavy (non-hydrogen) atoms. The van der Waals surface area contributed by atoms with Gasteiger partial charge in [-0.1, -0.05) is 30.3 Å². The van der Waals surface area contributed by atoms with Crippen molar-refractivity contribution >= 4 is 16.9 Å². The maximum absolute atomic E-state index is 12.2. The molecule has 1 heterocycles. The summed E-state index contributed by atoms with van der Waals surface area (Å²) in [5.74, 6) is 1.47. The first-order valence-corrected chi connectivity index (χ1v) is 8.50. The summed E-state index contributed by atoms with van der Waals surface area (Å²) in [5, 5.41) is 2.90. The Morgan fingerprint density at radius 2 is 1.84 bits per heavy atom. The van der Waals surface area contributed by atoms with E-state index in [1.807, 2.05) is 56.3 Å². The molecule has 0 spiro atoms. The molecule has 0 unspecified atom stereocenters. The number of benzene rings is 2. The van der Waals surface area contributed by atoms with Crippen molar-refractivity contribution in [2.45, 2.75) is 33.9 Å². The average molecular weight is 337 g/mol. The molecule has 0 aliphatic carbocycles. The number of fused-ring (bicyclic) bond motifs is 1. The average Bonchev–Trinajstić information content (AvgIpc) is 2.97. The lowest BCUT2D eigenvalue weighted by atomic mass is 10.1. The topological polar surface area (TPSA) is 56.2 Å². The van der Waals surface area contributed by atoms with Crippen molar-refractivity contribution in [2.24, 2.45) is 0 Å². The molecule has 0 radical (unpaired) electrons. The standard InChI is InChI=1S/C20H23N3O2/c1-4-23-17-11-6-5-10-16(17)22-18(23)12-21-19(24)13-25-20-14(2)8-7-9-15(20)3/h5-11H,4,12-13H2,1-3H3,(H,21,24). The third-order valence-corrected chi connectivity index (χ3v) is 4.25. The molecule has 2 aromatic carbocycles.